The van der Waals surface area contributed by atoms with Crippen LogP contribution in [0.5, 0.6) is 0 Å². The van der Waals surface area contributed by atoms with Crippen LogP contribution < -0.4 is 0 Å². The van der Waals surface area contributed by atoms with Crippen molar-refractivity contribution in [1.29, 1.82) is 0 Å². The van der Waals surface area contributed by atoms with Crippen molar-refractivity contribution in [2.24, 2.45) is 0 Å². The number of rotatable bonds is 5. The highest BCUT2D eigenvalue weighted by molar-refractivity contribution is 5.98. The highest BCUT2D eigenvalue weighted by Gasteiger charge is 2.14. The smallest absolute Gasteiger partial charge is 0.254 e. The maximum absolute atomic E-state index is 12.2. The van der Waals surface area contributed by atoms with Gasteiger partial charge in [-0.05, 0) is 31.6 Å². The summed E-state index contributed by atoms with van der Waals surface area (Å²) >= 11 is 0. The number of amides is 1. The summed E-state index contributed by atoms with van der Waals surface area (Å²) in [6.07, 6.45) is 3.76. The number of carbonyl (C=O) groups excluding carboxylic acids is 2. The molecule has 0 unspecified atom stereocenters. The van der Waals surface area contributed by atoms with Crippen LogP contribution >= 0.6 is 0 Å². The normalized spacial score (nSPS) is 10.5. The fourth-order valence-corrected chi connectivity index (χ4v) is 1.66. The van der Waals surface area contributed by atoms with Gasteiger partial charge in [-0.2, -0.15) is 0 Å². The molecule has 0 fully saturated rings. The predicted octanol–water partition coefficient (Wildman–Crippen LogP) is 2.38. The van der Waals surface area contributed by atoms with Crippen LogP contribution in [-0.4, -0.2) is 30.2 Å². The SMILES string of the molecule is CCN(CC)C(=O)c1ccccc1/C=C/C=O. The van der Waals surface area contributed by atoms with Crippen molar-refractivity contribution >= 4 is 18.3 Å². The van der Waals surface area contributed by atoms with Gasteiger partial charge in [0.05, 0.1) is 0 Å². The molecule has 0 aliphatic heterocycles. The molecular formula is C14H17NO2. The predicted molar refractivity (Wildman–Crippen MR) is 68.8 cm³/mol. The minimum Gasteiger partial charge on any atom is -0.339 e. The minimum atomic E-state index is 0.00106. The van der Waals surface area contributed by atoms with Crippen molar-refractivity contribution in [3.63, 3.8) is 0 Å². The number of nitrogens with zero attached hydrogens (tertiary/aromatic N) is 1. The Labute approximate surface area is 102 Å². The maximum Gasteiger partial charge on any atom is 0.254 e. The summed E-state index contributed by atoms with van der Waals surface area (Å²) < 4.78 is 0. The van der Waals surface area contributed by atoms with Gasteiger partial charge in [0, 0.05) is 18.7 Å². The molecule has 0 bridgehead atoms. The molecule has 1 amide bonds. The van der Waals surface area contributed by atoms with Gasteiger partial charge in [0.25, 0.3) is 5.91 Å². The Morgan fingerprint density at radius 3 is 2.47 bits per heavy atom. The van der Waals surface area contributed by atoms with E-state index < -0.39 is 0 Å². The van der Waals surface area contributed by atoms with Gasteiger partial charge in [0.1, 0.15) is 6.29 Å². The second-order valence-corrected chi connectivity index (χ2v) is 3.56. The van der Waals surface area contributed by atoms with Crippen molar-refractivity contribution in [2.75, 3.05) is 13.1 Å². The zero-order valence-corrected chi connectivity index (χ0v) is 10.2. The van der Waals surface area contributed by atoms with E-state index in [4.69, 9.17) is 0 Å². The van der Waals surface area contributed by atoms with Gasteiger partial charge in [0.15, 0.2) is 0 Å². The van der Waals surface area contributed by atoms with Crippen molar-refractivity contribution in [2.45, 2.75) is 13.8 Å². The van der Waals surface area contributed by atoms with Gasteiger partial charge >= 0.3 is 0 Å². The van der Waals surface area contributed by atoms with Crippen LogP contribution in [0.2, 0.25) is 0 Å². The van der Waals surface area contributed by atoms with Crippen LogP contribution in [0, 0.1) is 0 Å². The van der Waals surface area contributed by atoms with Gasteiger partial charge in [-0.1, -0.05) is 24.3 Å². The standard InChI is InChI=1S/C14H17NO2/c1-3-15(4-2)14(17)13-10-6-5-8-12(13)9-7-11-16/h5-11H,3-4H2,1-2H3/b9-7+. The topological polar surface area (TPSA) is 37.4 Å². The molecular weight excluding hydrogens is 214 g/mol. The van der Waals surface area contributed by atoms with Crippen molar-refractivity contribution < 1.29 is 9.59 Å². The second-order valence-electron chi connectivity index (χ2n) is 3.56. The average molecular weight is 231 g/mol. The summed E-state index contributed by atoms with van der Waals surface area (Å²) in [5, 5.41) is 0. The molecule has 17 heavy (non-hydrogen) atoms. The molecule has 0 aromatic heterocycles. The third-order valence-corrected chi connectivity index (χ3v) is 2.60. The number of hydrogen-bond acceptors (Lipinski definition) is 2. The lowest BCUT2D eigenvalue weighted by atomic mass is 10.1. The summed E-state index contributed by atoms with van der Waals surface area (Å²) in [6, 6.07) is 7.29. The fraction of sp³-hybridized carbons (Fsp3) is 0.286. The molecule has 0 atom stereocenters. The molecule has 0 saturated carbocycles. The quantitative estimate of drug-likeness (QED) is 0.576. The van der Waals surface area contributed by atoms with Crippen LogP contribution in [0.1, 0.15) is 29.8 Å². The molecule has 0 saturated heterocycles. The third kappa shape index (κ3) is 3.28. The van der Waals surface area contributed by atoms with Gasteiger partial charge in [0.2, 0.25) is 0 Å². The van der Waals surface area contributed by atoms with E-state index in [2.05, 4.69) is 0 Å². The average Bonchev–Trinajstić information content (AvgIpc) is 2.38. The van der Waals surface area contributed by atoms with E-state index in [1.54, 1.807) is 17.0 Å². The number of benzene rings is 1. The Morgan fingerprint density at radius 2 is 1.88 bits per heavy atom. The van der Waals surface area contributed by atoms with E-state index in [-0.39, 0.29) is 5.91 Å². The molecule has 1 rings (SSSR count). The molecule has 3 nitrogen and oxygen atoms in total. The largest absolute Gasteiger partial charge is 0.339 e. The maximum atomic E-state index is 12.2. The van der Waals surface area contributed by atoms with E-state index in [0.29, 0.717) is 24.9 Å². The zero-order valence-electron chi connectivity index (χ0n) is 10.2. The minimum absolute atomic E-state index is 0.00106. The van der Waals surface area contributed by atoms with E-state index in [9.17, 15) is 9.59 Å². The number of aldehydes is 1. The second kappa shape index (κ2) is 6.63. The molecule has 0 spiro atoms. The molecule has 1 aromatic rings. The Balaban J connectivity index is 3.08. The van der Waals surface area contributed by atoms with Crippen LogP contribution in [0.3, 0.4) is 0 Å². The van der Waals surface area contributed by atoms with Crippen LogP contribution in [0.4, 0.5) is 0 Å². The lowest BCUT2D eigenvalue weighted by Gasteiger charge is -2.19. The molecule has 0 radical (unpaired) electrons. The monoisotopic (exact) mass is 231 g/mol. The Hall–Kier alpha value is -1.90. The first-order valence-corrected chi connectivity index (χ1v) is 5.74. The molecule has 0 heterocycles. The van der Waals surface area contributed by atoms with Gasteiger partial charge in [-0.15, -0.1) is 0 Å². The summed E-state index contributed by atoms with van der Waals surface area (Å²) in [7, 11) is 0. The number of hydrogen-bond donors (Lipinski definition) is 0. The van der Waals surface area contributed by atoms with E-state index >= 15 is 0 Å². The molecule has 0 aliphatic rings. The first-order valence-electron chi connectivity index (χ1n) is 5.74. The van der Waals surface area contributed by atoms with Gasteiger partial charge < -0.3 is 4.90 Å². The zero-order chi connectivity index (χ0) is 12.7. The number of carbonyl (C=O) groups is 2. The fourth-order valence-electron chi connectivity index (χ4n) is 1.66. The third-order valence-electron chi connectivity index (χ3n) is 2.60. The van der Waals surface area contributed by atoms with Crippen molar-refractivity contribution in [3.05, 3.63) is 41.5 Å². The van der Waals surface area contributed by atoms with Crippen LogP contribution in [0.15, 0.2) is 30.3 Å². The molecule has 1 aromatic carbocycles. The first-order chi connectivity index (χ1) is 8.24. The summed E-state index contributed by atoms with van der Waals surface area (Å²) in [4.78, 5) is 24.3. The van der Waals surface area contributed by atoms with Crippen molar-refractivity contribution in [3.8, 4) is 0 Å². The molecule has 3 heteroatoms. The summed E-state index contributed by atoms with van der Waals surface area (Å²) in [5.74, 6) is 0.00106. The Morgan fingerprint density at radius 1 is 1.24 bits per heavy atom. The Kier molecular flexibility index (Phi) is 5.14. The van der Waals surface area contributed by atoms with E-state index in [1.807, 2.05) is 32.0 Å². The van der Waals surface area contributed by atoms with Gasteiger partial charge in [-0.25, -0.2) is 0 Å². The van der Waals surface area contributed by atoms with Crippen LogP contribution in [-0.2, 0) is 4.79 Å². The van der Waals surface area contributed by atoms with E-state index in [0.717, 1.165) is 5.56 Å². The highest BCUT2D eigenvalue weighted by atomic mass is 16.2. The van der Waals surface area contributed by atoms with Crippen molar-refractivity contribution in [1.82, 2.24) is 4.90 Å². The van der Waals surface area contributed by atoms with Crippen LogP contribution in [0.25, 0.3) is 6.08 Å². The summed E-state index contributed by atoms with van der Waals surface area (Å²) in [6.45, 7) is 5.26. The lowest BCUT2D eigenvalue weighted by Crippen LogP contribution is -2.30. The Bertz CT molecular complexity index is 420. The molecule has 0 aliphatic carbocycles. The first kappa shape index (κ1) is 13.2. The van der Waals surface area contributed by atoms with E-state index in [1.165, 1.54) is 6.08 Å². The molecule has 90 valence electrons. The molecule has 0 N–H and O–H groups in total. The number of allylic oxidation sites excluding steroid dienone is 1. The lowest BCUT2D eigenvalue weighted by molar-refractivity contribution is -0.104. The van der Waals surface area contributed by atoms with Gasteiger partial charge in [-0.3, -0.25) is 9.59 Å². The highest BCUT2D eigenvalue weighted by Crippen LogP contribution is 2.13. The summed E-state index contributed by atoms with van der Waals surface area (Å²) in [5.41, 5.74) is 1.41.